The monoisotopic (exact) mass is 667 g/mol. The zero-order valence-electron chi connectivity index (χ0n) is 29.9. The van der Waals surface area contributed by atoms with Gasteiger partial charge in [0.1, 0.15) is 0 Å². The van der Waals surface area contributed by atoms with Crippen molar-refractivity contribution in [3.8, 4) is 22.3 Å². The molecule has 0 spiro atoms. The summed E-state index contributed by atoms with van der Waals surface area (Å²) in [5.41, 5.74) is 17.1. The summed E-state index contributed by atoms with van der Waals surface area (Å²) in [6, 6.07) is 54.3. The Morgan fingerprint density at radius 3 is 1.94 bits per heavy atom. The summed E-state index contributed by atoms with van der Waals surface area (Å²) in [5, 5.41) is 5.14. The minimum Gasteiger partial charge on any atom is -0.310 e. The number of allylic oxidation sites excluding steroid dienone is 6. The summed E-state index contributed by atoms with van der Waals surface area (Å²) in [4.78, 5) is 2.48. The Hall–Kier alpha value is -5.92. The van der Waals surface area contributed by atoms with Crippen LogP contribution in [0.4, 0.5) is 17.1 Å². The van der Waals surface area contributed by atoms with Gasteiger partial charge in [0.25, 0.3) is 0 Å². The Labute approximate surface area is 306 Å². The maximum absolute atomic E-state index is 2.48. The van der Waals surface area contributed by atoms with E-state index in [-0.39, 0.29) is 5.41 Å². The molecule has 0 bridgehead atoms. The minimum absolute atomic E-state index is 0.0764. The van der Waals surface area contributed by atoms with E-state index in [1.54, 1.807) is 0 Å². The van der Waals surface area contributed by atoms with E-state index in [2.05, 4.69) is 183 Å². The first-order valence-electron chi connectivity index (χ1n) is 18.8. The minimum atomic E-state index is -0.0764. The molecule has 0 aliphatic heterocycles. The lowest BCUT2D eigenvalue weighted by Crippen LogP contribution is -2.16. The number of fused-ring (bicyclic) bond motifs is 7. The van der Waals surface area contributed by atoms with Gasteiger partial charge in [-0.25, -0.2) is 0 Å². The highest BCUT2D eigenvalue weighted by Crippen LogP contribution is 2.54. The Balaban J connectivity index is 1.11. The van der Waals surface area contributed by atoms with Crippen molar-refractivity contribution in [1.82, 2.24) is 0 Å². The molecule has 0 heterocycles. The van der Waals surface area contributed by atoms with Gasteiger partial charge in [-0.05, 0) is 134 Å². The third-order valence-corrected chi connectivity index (χ3v) is 11.8. The van der Waals surface area contributed by atoms with Crippen LogP contribution in [0.25, 0.3) is 49.4 Å². The molecule has 0 radical (unpaired) electrons. The normalized spacial score (nSPS) is 15.7. The predicted molar refractivity (Wildman–Crippen MR) is 222 cm³/mol. The summed E-state index contributed by atoms with van der Waals surface area (Å²) < 4.78 is 0. The number of benzene rings is 7. The van der Waals surface area contributed by atoms with Crippen LogP contribution >= 0.6 is 0 Å². The Bertz CT molecular complexity index is 2630. The average Bonchev–Trinajstić information content (AvgIpc) is 3.44. The molecular weight excluding hydrogens is 627 g/mol. The molecule has 0 atom stereocenters. The standard InChI is InChI=1S/C51H41N/c1-51(2)47-19-10-9-18-45(47)50-48(51)20-11-21-49(50)52(40-28-24-35(25-29-40)38-23-22-34-12-3-4-13-37(34)32-38)41-30-26-36(27-31-41)46-33-39-14-5-6-15-42(39)43-16-7-8-17-44(43)46/h5-21,24-33H,3-4,22-23H2,1-2H3. The van der Waals surface area contributed by atoms with Gasteiger partial charge in [0.2, 0.25) is 0 Å². The summed E-state index contributed by atoms with van der Waals surface area (Å²) in [7, 11) is 0. The number of hydrogen-bond acceptors (Lipinski definition) is 1. The van der Waals surface area contributed by atoms with E-state index in [0.29, 0.717) is 0 Å². The highest BCUT2D eigenvalue weighted by Gasteiger charge is 2.37. The first-order chi connectivity index (χ1) is 25.5. The van der Waals surface area contributed by atoms with Gasteiger partial charge in [0.15, 0.2) is 0 Å². The van der Waals surface area contributed by atoms with Crippen molar-refractivity contribution in [3.05, 3.63) is 192 Å². The molecule has 7 aromatic carbocycles. The van der Waals surface area contributed by atoms with Gasteiger partial charge in [-0.15, -0.1) is 0 Å². The van der Waals surface area contributed by atoms with E-state index in [9.17, 15) is 0 Å². The van der Waals surface area contributed by atoms with Gasteiger partial charge in [0, 0.05) is 22.4 Å². The van der Waals surface area contributed by atoms with Crippen molar-refractivity contribution < 1.29 is 0 Å². The Morgan fingerprint density at radius 1 is 0.500 bits per heavy atom. The van der Waals surface area contributed by atoms with Crippen LogP contribution in [0.5, 0.6) is 0 Å². The molecule has 3 aliphatic rings. The topological polar surface area (TPSA) is 3.24 Å². The zero-order valence-corrected chi connectivity index (χ0v) is 29.9. The van der Waals surface area contributed by atoms with Gasteiger partial charge in [0.05, 0.1) is 5.69 Å². The third kappa shape index (κ3) is 4.91. The molecule has 3 aliphatic carbocycles. The van der Waals surface area contributed by atoms with Crippen molar-refractivity contribution in [2.24, 2.45) is 0 Å². The zero-order chi connectivity index (χ0) is 34.8. The summed E-state index contributed by atoms with van der Waals surface area (Å²) in [6.07, 6.45) is 11.8. The first-order valence-corrected chi connectivity index (χ1v) is 18.8. The molecule has 0 amide bonds. The molecule has 0 saturated heterocycles. The number of anilines is 3. The second-order valence-corrected chi connectivity index (χ2v) is 15.1. The van der Waals surface area contributed by atoms with Crippen LogP contribution in [-0.2, 0) is 5.41 Å². The largest absolute Gasteiger partial charge is 0.310 e. The van der Waals surface area contributed by atoms with Crippen LogP contribution in [0.3, 0.4) is 0 Å². The summed E-state index contributed by atoms with van der Waals surface area (Å²) in [5.74, 6) is 0. The summed E-state index contributed by atoms with van der Waals surface area (Å²) in [6.45, 7) is 4.73. The summed E-state index contributed by atoms with van der Waals surface area (Å²) >= 11 is 0. The molecule has 0 fully saturated rings. The second kappa shape index (κ2) is 12.1. The third-order valence-electron chi connectivity index (χ3n) is 11.8. The molecule has 10 rings (SSSR count). The van der Waals surface area contributed by atoms with Gasteiger partial charge >= 0.3 is 0 Å². The highest BCUT2D eigenvalue weighted by atomic mass is 15.1. The quantitative estimate of drug-likeness (QED) is 0.165. The fraction of sp³-hybridized carbons (Fsp3) is 0.137. The van der Waals surface area contributed by atoms with Crippen LogP contribution in [-0.4, -0.2) is 0 Å². The maximum atomic E-state index is 2.48. The van der Waals surface area contributed by atoms with E-state index < -0.39 is 0 Å². The fourth-order valence-corrected chi connectivity index (χ4v) is 9.16. The smallest absolute Gasteiger partial charge is 0.0543 e. The molecule has 0 saturated carbocycles. The first kappa shape index (κ1) is 30.9. The lowest BCUT2D eigenvalue weighted by molar-refractivity contribution is 0.660. The van der Waals surface area contributed by atoms with Crippen LogP contribution in [0, 0.1) is 0 Å². The number of rotatable bonds is 5. The molecule has 7 aromatic rings. The molecule has 250 valence electrons. The van der Waals surface area contributed by atoms with E-state index in [1.165, 1.54) is 89.3 Å². The van der Waals surface area contributed by atoms with Crippen LogP contribution in [0.15, 0.2) is 175 Å². The average molecular weight is 668 g/mol. The van der Waals surface area contributed by atoms with Crippen molar-refractivity contribution in [2.45, 2.75) is 44.9 Å². The molecule has 1 heteroatoms. The molecule has 0 aromatic heterocycles. The SMILES string of the molecule is CC1(C)c2ccccc2-c2c(N(c3ccc(C4=CC5=CCCC=C5CC4)cc3)c3ccc(-c4cc5ccccc5c5ccccc45)cc3)cccc21. The molecule has 52 heavy (non-hydrogen) atoms. The lowest BCUT2D eigenvalue weighted by atomic mass is 9.82. The van der Waals surface area contributed by atoms with Crippen molar-refractivity contribution in [3.63, 3.8) is 0 Å². The number of hydrogen-bond donors (Lipinski definition) is 0. The van der Waals surface area contributed by atoms with Crippen LogP contribution < -0.4 is 4.90 Å². The van der Waals surface area contributed by atoms with Crippen molar-refractivity contribution in [2.75, 3.05) is 4.90 Å². The second-order valence-electron chi connectivity index (χ2n) is 15.1. The molecule has 0 unspecified atom stereocenters. The highest BCUT2D eigenvalue weighted by molar-refractivity contribution is 6.13. The number of nitrogens with zero attached hydrogens (tertiary/aromatic N) is 1. The Morgan fingerprint density at radius 2 is 1.13 bits per heavy atom. The maximum Gasteiger partial charge on any atom is 0.0543 e. The van der Waals surface area contributed by atoms with Crippen LogP contribution in [0.1, 0.15) is 56.2 Å². The lowest BCUT2D eigenvalue weighted by Gasteiger charge is -2.29. The predicted octanol–water partition coefficient (Wildman–Crippen LogP) is 14.3. The van der Waals surface area contributed by atoms with Crippen molar-refractivity contribution in [1.29, 1.82) is 0 Å². The fourth-order valence-electron chi connectivity index (χ4n) is 9.16. The van der Waals surface area contributed by atoms with Crippen molar-refractivity contribution >= 4 is 44.2 Å². The van der Waals surface area contributed by atoms with Gasteiger partial charge in [-0.2, -0.15) is 0 Å². The van der Waals surface area contributed by atoms with E-state index in [1.807, 2.05) is 0 Å². The van der Waals surface area contributed by atoms with E-state index >= 15 is 0 Å². The van der Waals surface area contributed by atoms with E-state index in [4.69, 9.17) is 0 Å². The van der Waals surface area contributed by atoms with Gasteiger partial charge < -0.3 is 4.90 Å². The molecular formula is C51H41N. The van der Waals surface area contributed by atoms with Gasteiger partial charge in [-0.1, -0.05) is 141 Å². The molecule has 0 N–H and O–H groups in total. The van der Waals surface area contributed by atoms with E-state index in [0.717, 1.165) is 30.6 Å². The van der Waals surface area contributed by atoms with Gasteiger partial charge in [-0.3, -0.25) is 0 Å². The Kier molecular flexibility index (Phi) is 7.18. The van der Waals surface area contributed by atoms with Crippen LogP contribution in [0.2, 0.25) is 0 Å². The molecule has 1 nitrogen and oxygen atoms in total.